The minimum Gasteiger partial charge on any atom is -0.379 e. The van der Waals surface area contributed by atoms with Gasteiger partial charge in [0.25, 0.3) is 0 Å². The number of hydrogen-bond donors (Lipinski definition) is 1. The van der Waals surface area contributed by atoms with E-state index < -0.39 is 41.9 Å². The van der Waals surface area contributed by atoms with Crippen LogP contribution in [0.5, 0.6) is 0 Å². The lowest BCUT2D eigenvalue weighted by Gasteiger charge is -2.17. The van der Waals surface area contributed by atoms with Crippen molar-refractivity contribution in [2.75, 3.05) is 11.9 Å². The predicted octanol–water partition coefficient (Wildman–Crippen LogP) is 3.89. The summed E-state index contributed by atoms with van der Waals surface area (Å²) in [6.45, 7) is -1.52. The van der Waals surface area contributed by atoms with Crippen LogP contribution in [-0.4, -0.2) is 18.9 Å². The van der Waals surface area contributed by atoms with Crippen LogP contribution >= 0.6 is 0 Å². The van der Waals surface area contributed by atoms with Crippen LogP contribution in [0.4, 0.5) is 36.4 Å². The third-order valence-electron chi connectivity index (χ3n) is 2.29. The lowest BCUT2D eigenvalue weighted by molar-refractivity contribution is -0.137. The van der Waals surface area contributed by atoms with Crippen molar-refractivity contribution in [3.8, 4) is 6.07 Å². The van der Waals surface area contributed by atoms with Gasteiger partial charge in [0.2, 0.25) is 0 Å². The van der Waals surface area contributed by atoms with E-state index in [1.807, 2.05) is 0 Å². The van der Waals surface area contributed by atoms with Crippen LogP contribution in [0, 0.1) is 11.3 Å². The number of hydrogen-bond acceptors (Lipinski definition) is 2. The molecule has 0 fully saturated rings. The fourth-order valence-electron chi connectivity index (χ4n) is 1.28. The molecule has 0 heterocycles. The minimum absolute atomic E-state index is 0.417. The topological polar surface area (TPSA) is 35.8 Å². The standard InChI is InChI=1S/C11H7F7N2/c12-9(13)10(14,15)5-20-7-2-1-6(4-19)8(3-7)11(16,17)18/h1-3,9,20H,5H2. The first-order valence-corrected chi connectivity index (χ1v) is 5.09. The molecule has 0 unspecified atom stereocenters. The Morgan fingerprint density at radius 3 is 2.20 bits per heavy atom. The zero-order chi connectivity index (χ0) is 15.6. The molecular formula is C11H7F7N2. The largest absolute Gasteiger partial charge is 0.417 e. The molecule has 0 saturated carbocycles. The van der Waals surface area contributed by atoms with Gasteiger partial charge in [0, 0.05) is 5.69 Å². The first-order valence-electron chi connectivity index (χ1n) is 5.09. The van der Waals surface area contributed by atoms with Gasteiger partial charge in [-0.3, -0.25) is 0 Å². The van der Waals surface area contributed by atoms with Crippen LogP contribution in [0.15, 0.2) is 18.2 Å². The summed E-state index contributed by atoms with van der Waals surface area (Å²) in [7, 11) is 0. The lowest BCUT2D eigenvalue weighted by atomic mass is 10.1. The van der Waals surface area contributed by atoms with Gasteiger partial charge in [-0.15, -0.1) is 0 Å². The second-order valence-electron chi connectivity index (χ2n) is 3.79. The molecule has 0 aromatic heterocycles. The maximum Gasteiger partial charge on any atom is 0.417 e. The average molecular weight is 300 g/mol. The van der Waals surface area contributed by atoms with Gasteiger partial charge in [0.15, 0.2) is 0 Å². The molecule has 0 bridgehead atoms. The molecule has 0 aliphatic rings. The Kier molecular flexibility index (Phi) is 4.47. The van der Waals surface area contributed by atoms with E-state index in [0.717, 1.165) is 12.1 Å². The third kappa shape index (κ3) is 3.76. The Labute approximate surface area is 108 Å². The lowest BCUT2D eigenvalue weighted by Crippen LogP contribution is -2.34. The highest BCUT2D eigenvalue weighted by atomic mass is 19.4. The highest BCUT2D eigenvalue weighted by Gasteiger charge is 2.40. The summed E-state index contributed by atoms with van der Waals surface area (Å²) in [6, 6.07) is 3.42. The zero-order valence-corrected chi connectivity index (χ0v) is 9.61. The molecule has 110 valence electrons. The summed E-state index contributed by atoms with van der Waals surface area (Å²) in [4.78, 5) is 0. The van der Waals surface area contributed by atoms with Crippen molar-refractivity contribution in [2.45, 2.75) is 18.5 Å². The molecule has 1 aromatic rings. The summed E-state index contributed by atoms with van der Waals surface area (Å²) in [5, 5.41) is 10.3. The highest BCUT2D eigenvalue weighted by Crippen LogP contribution is 2.34. The molecule has 9 heteroatoms. The summed E-state index contributed by atoms with van der Waals surface area (Å²) in [5.41, 5.74) is -2.45. The molecule has 20 heavy (non-hydrogen) atoms. The number of halogens is 7. The number of nitrogens with zero attached hydrogens (tertiary/aromatic N) is 1. The number of alkyl halides is 7. The van der Waals surface area contributed by atoms with Crippen molar-refractivity contribution in [3.63, 3.8) is 0 Å². The molecule has 1 rings (SSSR count). The van der Waals surface area contributed by atoms with Crippen molar-refractivity contribution in [1.82, 2.24) is 0 Å². The van der Waals surface area contributed by atoms with Crippen LogP contribution in [0.2, 0.25) is 0 Å². The molecule has 0 amide bonds. The van der Waals surface area contributed by atoms with E-state index in [0.29, 0.717) is 6.07 Å². The average Bonchev–Trinajstić information content (AvgIpc) is 2.35. The second-order valence-corrected chi connectivity index (χ2v) is 3.79. The molecule has 2 nitrogen and oxygen atoms in total. The Hall–Kier alpha value is -1.98. The Bertz CT molecular complexity index is 516. The molecule has 0 saturated heterocycles. The Morgan fingerprint density at radius 2 is 1.75 bits per heavy atom. The van der Waals surface area contributed by atoms with E-state index in [2.05, 4.69) is 0 Å². The van der Waals surface area contributed by atoms with Crippen LogP contribution < -0.4 is 5.32 Å². The van der Waals surface area contributed by atoms with Crippen molar-refractivity contribution in [3.05, 3.63) is 29.3 Å². The maximum atomic E-state index is 12.6. The van der Waals surface area contributed by atoms with Gasteiger partial charge in [0.1, 0.15) is 0 Å². The SMILES string of the molecule is N#Cc1ccc(NCC(F)(F)C(F)F)cc1C(F)(F)F. The van der Waals surface area contributed by atoms with E-state index >= 15 is 0 Å². The van der Waals surface area contributed by atoms with Crippen LogP contribution in [0.1, 0.15) is 11.1 Å². The minimum atomic E-state index is -4.85. The molecule has 0 aliphatic heterocycles. The first kappa shape index (κ1) is 16.1. The van der Waals surface area contributed by atoms with Gasteiger partial charge in [-0.1, -0.05) is 0 Å². The van der Waals surface area contributed by atoms with E-state index in [9.17, 15) is 30.7 Å². The quantitative estimate of drug-likeness (QED) is 0.856. The normalized spacial score (nSPS) is 12.3. The van der Waals surface area contributed by atoms with Gasteiger partial charge in [0.05, 0.1) is 23.7 Å². The fraction of sp³-hybridized carbons (Fsp3) is 0.364. The van der Waals surface area contributed by atoms with Gasteiger partial charge in [-0.2, -0.15) is 27.2 Å². The van der Waals surface area contributed by atoms with E-state index in [4.69, 9.17) is 5.26 Å². The molecule has 0 aliphatic carbocycles. The predicted molar refractivity (Wildman–Crippen MR) is 55.6 cm³/mol. The van der Waals surface area contributed by atoms with E-state index in [1.54, 1.807) is 5.32 Å². The van der Waals surface area contributed by atoms with Crippen molar-refractivity contribution < 1.29 is 30.7 Å². The zero-order valence-electron chi connectivity index (χ0n) is 9.61. The van der Waals surface area contributed by atoms with Crippen LogP contribution in [0.3, 0.4) is 0 Å². The smallest absolute Gasteiger partial charge is 0.379 e. The number of rotatable bonds is 4. The molecule has 0 atom stereocenters. The molecule has 1 aromatic carbocycles. The summed E-state index contributed by atoms with van der Waals surface area (Å²) < 4.78 is 86.7. The number of nitriles is 1. The van der Waals surface area contributed by atoms with Crippen molar-refractivity contribution in [1.29, 1.82) is 5.26 Å². The summed E-state index contributed by atoms with van der Waals surface area (Å²) >= 11 is 0. The first-order chi connectivity index (χ1) is 9.08. The third-order valence-corrected chi connectivity index (χ3v) is 2.29. The van der Waals surface area contributed by atoms with Gasteiger partial charge >= 0.3 is 18.5 Å². The van der Waals surface area contributed by atoms with Gasteiger partial charge < -0.3 is 5.32 Å². The molecule has 0 spiro atoms. The Balaban J connectivity index is 2.97. The Morgan fingerprint density at radius 1 is 1.15 bits per heavy atom. The van der Waals surface area contributed by atoms with Gasteiger partial charge in [-0.25, -0.2) is 8.78 Å². The van der Waals surface area contributed by atoms with Crippen LogP contribution in [-0.2, 0) is 6.18 Å². The maximum absolute atomic E-state index is 12.6. The molecular weight excluding hydrogens is 293 g/mol. The molecule has 0 radical (unpaired) electrons. The second kappa shape index (κ2) is 5.56. The van der Waals surface area contributed by atoms with Crippen molar-refractivity contribution >= 4 is 5.69 Å². The molecule has 1 N–H and O–H groups in total. The van der Waals surface area contributed by atoms with Gasteiger partial charge in [-0.05, 0) is 18.2 Å². The summed E-state index contributed by atoms with van der Waals surface area (Å²) in [6.07, 6.45) is -8.79. The van der Waals surface area contributed by atoms with E-state index in [-0.39, 0.29) is 0 Å². The van der Waals surface area contributed by atoms with Crippen LogP contribution in [0.25, 0.3) is 0 Å². The van der Waals surface area contributed by atoms with Crippen molar-refractivity contribution in [2.24, 2.45) is 0 Å². The monoisotopic (exact) mass is 300 g/mol. The highest BCUT2D eigenvalue weighted by molar-refractivity contribution is 5.53. The number of benzene rings is 1. The number of nitrogens with one attached hydrogen (secondary N) is 1. The summed E-state index contributed by atoms with van der Waals surface area (Å²) in [5.74, 6) is -4.37. The number of anilines is 1. The van der Waals surface area contributed by atoms with E-state index in [1.165, 1.54) is 6.07 Å². The fourth-order valence-corrected chi connectivity index (χ4v) is 1.28.